The van der Waals surface area contributed by atoms with Crippen LogP contribution in [-0.4, -0.2) is 22.4 Å². The predicted molar refractivity (Wildman–Crippen MR) is 103 cm³/mol. The standard InChI is InChI=1S/C19H19FN6O/c20-15-9-5-4-8-14(15)19(27)26-25-18-16(21)17(23-12-24-18)22-11-10-13-6-2-1-3-7-13/h1-9,12H,10-11,21H2,(H,26,27)(H2,22,23,24,25). The molecule has 0 bridgehead atoms. The molecule has 5 N–H and O–H groups in total. The lowest BCUT2D eigenvalue weighted by atomic mass is 10.1. The molecule has 1 heterocycles. The third kappa shape index (κ3) is 4.69. The van der Waals surface area contributed by atoms with E-state index >= 15 is 0 Å². The number of anilines is 3. The Kier molecular flexibility index (Phi) is 5.78. The maximum atomic E-state index is 13.6. The van der Waals surface area contributed by atoms with E-state index in [0.29, 0.717) is 12.4 Å². The summed E-state index contributed by atoms with van der Waals surface area (Å²) in [5.41, 5.74) is 12.4. The lowest BCUT2D eigenvalue weighted by molar-refractivity contribution is 0.0958. The van der Waals surface area contributed by atoms with Crippen LogP contribution in [-0.2, 0) is 6.42 Å². The minimum Gasteiger partial charge on any atom is -0.393 e. The second kappa shape index (κ2) is 8.61. The SMILES string of the molecule is Nc1c(NCCc2ccccc2)ncnc1NNC(=O)c1ccccc1F. The van der Waals surface area contributed by atoms with Crippen LogP contribution in [0.2, 0.25) is 0 Å². The minimum absolute atomic E-state index is 0.0844. The molecule has 0 fully saturated rings. The van der Waals surface area contributed by atoms with Gasteiger partial charge in [-0.2, -0.15) is 0 Å². The summed E-state index contributed by atoms with van der Waals surface area (Å²) in [4.78, 5) is 20.2. The van der Waals surface area contributed by atoms with Crippen molar-refractivity contribution in [3.8, 4) is 0 Å². The second-order valence-electron chi connectivity index (χ2n) is 5.71. The lowest BCUT2D eigenvalue weighted by Gasteiger charge is -2.13. The summed E-state index contributed by atoms with van der Waals surface area (Å²) >= 11 is 0. The van der Waals surface area contributed by atoms with Crippen molar-refractivity contribution >= 4 is 23.2 Å². The number of benzene rings is 2. The first-order valence-electron chi connectivity index (χ1n) is 8.34. The first kappa shape index (κ1) is 18.1. The van der Waals surface area contributed by atoms with Gasteiger partial charge in [0.15, 0.2) is 11.6 Å². The molecule has 27 heavy (non-hydrogen) atoms. The van der Waals surface area contributed by atoms with Gasteiger partial charge in [-0.05, 0) is 24.1 Å². The van der Waals surface area contributed by atoms with Gasteiger partial charge in [0.1, 0.15) is 17.8 Å². The highest BCUT2D eigenvalue weighted by atomic mass is 19.1. The quantitative estimate of drug-likeness (QED) is 0.479. The van der Waals surface area contributed by atoms with Crippen molar-refractivity contribution in [2.45, 2.75) is 6.42 Å². The van der Waals surface area contributed by atoms with Gasteiger partial charge in [0.25, 0.3) is 5.91 Å². The Morgan fingerprint density at radius 3 is 2.48 bits per heavy atom. The Balaban J connectivity index is 1.59. The summed E-state index contributed by atoms with van der Waals surface area (Å²) < 4.78 is 13.6. The van der Waals surface area contributed by atoms with E-state index in [4.69, 9.17) is 5.73 Å². The molecule has 3 rings (SSSR count). The summed E-state index contributed by atoms with van der Waals surface area (Å²) in [7, 11) is 0. The zero-order chi connectivity index (χ0) is 19.1. The highest BCUT2D eigenvalue weighted by Gasteiger charge is 2.12. The molecule has 0 aliphatic carbocycles. The Hall–Kier alpha value is -3.68. The molecule has 0 aliphatic heterocycles. The van der Waals surface area contributed by atoms with E-state index < -0.39 is 11.7 Å². The third-order valence-electron chi connectivity index (χ3n) is 3.85. The van der Waals surface area contributed by atoms with Crippen LogP contribution in [0.4, 0.5) is 21.7 Å². The average Bonchev–Trinajstić information content (AvgIpc) is 2.69. The van der Waals surface area contributed by atoms with E-state index in [1.807, 2.05) is 30.3 Å². The van der Waals surface area contributed by atoms with Crippen LogP contribution in [0.3, 0.4) is 0 Å². The minimum atomic E-state index is -0.635. The zero-order valence-corrected chi connectivity index (χ0v) is 14.4. The van der Waals surface area contributed by atoms with Gasteiger partial charge >= 0.3 is 0 Å². The van der Waals surface area contributed by atoms with Gasteiger partial charge in [-0.1, -0.05) is 42.5 Å². The summed E-state index contributed by atoms with van der Waals surface area (Å²) in [6.07, 6.45) is 2.12. The molecule has 0 radical (unpaired) electrons. The molecule has 2 aromatic carbocycles. The number of carbonyl (C=O) groups excluding carboxylic acids is 1. The fourth-order valence-corrected chi connectivity index (χ4v) is 2.43. The van der Waals surface area contributed by atoms with Crippen LogP contribution in [0.5, 0.6) is 0 Å². The zero-order valence-electron chi connectivity index (χ0n) is 14.4. The lowest BCUT2D eigenvalue weighted by Crippen LogP contribution is -2.31. The number of nitrogens with two attached hydrogens (primary N) is 1. The number of amides is 1. The number of hydrazine groups is 1. The van der Waals surface area contributed by atoms with Gasteiger partial charge in [-0.15, -0.1) is 0 Å². The second-order valence-corrected chi connectivity index (χ2v) is 5.71. The molecule has 3 aromatic rings. The molecular weight excluding hydrogens is 347 g/mol. The van der Waals surface area contributed by atoms with Crippen LogP contribution >= 0.6 is 0 Å². The number of nitrogens with one attached hydrogen (secondary N) is 3. The Bertz CT molecular complexity index is 919. The molecule has 0 unspecified atom stereocenters. The molecule has 1 aromatic heterocycles. The summed E-state index contributed by atoms with van der Waals surface area (Å²) in [6, 6.07) is 15.7. The molecule has 0 saturated heterocycles. The number of halogens is 1. The predicted octanol–water partition coefficient (Wildman–Crippen LogP) is 2.61. The average molecular weight is 366 g/mol. The number of aromatic nitrogens is 2. The summed E-state index contributed by atoms with van der Waals surface area (Å²) in [5.74, 6) is -0.583. The van der Waals surface area contributed by atoms with E-state index in [0.717, 1.165) is 6.42 Å². The molecule has 1 amide bonds. The highest BCUT2D eigenvalue weighted by molar-refractivity contribution is 5.95. The first-order chi connectivity index (χ1) is 13.1. The maximum Gasteiger partial charge on any atom is 0.272 e. The molecule has 0 aliphatic rings. The van der Waals surface area contributed by atoms with E-state index in [1.54, 1.807) is 6.07 Å². The number of rotatable bonds is 7. The summed E-state index contributed by atoms with van der Waals surface area (Å²) in [5, 5.41) is 3.14. The molecule has 0 saturated carbocycles. The Morgan fingerprint density at radius 2 is 1.70 bits per heavy atom. The Morgan fingerprint density at radius 1 is 1.00 bits per heavy atom. The van der Waals surface area contributed by atoms with Crippen LogP contribution in [0, 0.1) is 5.82 Å². The molecule has 8 heteroatoms. The topological polar surface area (TPSA) is 105 Å². The van der Waals surface area contributed by atoms with E-state index in [1.165, 1.54) is 30.1 Å². The van der Waals surface area contributed by atoms with Crippen molar-refractivity contribution in [2.24, 2.45) is 0 Å². The van der Waals surface area contributed by atoms with Gasteiger partial charge in [0, 0.05) is 6.54 Å². The van der Waals surface area contributed by atoms with Gasteiger partial charge in [0.05, 0.1) is 5.56 Å². The third-order valence-corrected chi connectivity index (χ3v) is 3.85. The maximum absolute atomic E-state index is 13.6. The molecule has 0 atom stereocenters. The van der Waals surface area contributed by atoms with E-state index in [9.17, 15) is 9.18 Å². The van der Waals surface area contributed by atoms with Crippen molar-refractivity contribution in [1.29, 1.82) is 0 Å². The monoisotopic (exact) mass is 366 g/mol. The number of nitrogens with zero attached hydrogens (tertiary/aromatic N) is 2. The molecule has 138 valence electrons. The van der Waals surface area contributed by atoms with Crippen molar-refractivity contribution in [1.82, 2.24) is 15.4 Å². The van der Waals surface area contributed by atoms with Crippen LogP contribution in [0.1, 0.15) is 15.9 Å². The molecule has 7 nitrogen and oxygen atoms in total. The molecular formula is C19H19FN6O. The fraction of sp³-hybridized carbons (Fsp3) is 0.105. The van der Waals surface area contributed by atoms with E-state index in [2.05, 4.69) is 26.1 Å². The first-order valence-corrected chi connectivity index (χ1v) is 8.34. The van der Waals surface area contributed by atoms with Gasteiger partial charge < -0.3 is 11.1 Å². The number of hydrogen-bond acceptors (Lipinski definition) is 6. The van der Waals surface area contributed by atoms with Gasteiger partial charge in [-0.25, -0.2) is 14.4 Å². The fourth-order valence-electron chi connectivity index (χ4n) is 2.43. The van der Waals surface area contributed by atoms with Crippen LogP contribution in [0.15, 0.2) is 60.9 Å². The van der Waals surface area contributed by atoms with Crippen LogP contribution < -0.4 is 21.9 Å². The number of hydrogen-bond donors (Lipinski definition) is 4. The largest absolute Gasteiger partial charge is 0.393 e. The number of nitrogen functional groups attached to an aromatic ring is 1. The van der Waals surface area contributed by atoms with Crippen molar-refractivity contribution < 1.29 is 9.18 Å². The smallest absolute Gasteiger partial charge is 0.272 e. The van der Waals surface area contributed by atoms with Gasteiger partial charge in [0.2, 0.25) is 0 Å². The highest BCUT2D eigenvalue weighted by Crippen LogP contribution is 2.21. The normalized spacial score (nSPS) is 10.3. The molecule has 0 spiro atoms. The van der Waals surface area contributed by atoms with Crippen molar-refractivity contribution in [3.05, 3.63) is 77.9 Å². The number of carbonyl (C=O) groups is 1. The Labute approximate surface area is 155 Å². The van der Waals surface area contributed by atoms with Gasteiger partial charge in [-0.3, -0.25) is 15.6 Å². The van der Waals surface area contributed by atoms with Crippen LogP contribution in [0.25, 0.3) is 0 Å². The van der Waals surface area contributed by atoms with Crippen molar-refractivity contribution in [2.75, 3.05) is 23.0 Å². The van der Waals surface area contributed by atoms with E-state index in [-0.39, 0.29) is 17.1 Å². The van der Waals surface area contributed by atoms with Crippen molar-refractivity contribution in [3.63, 3.8) is 0 Å². The summed E-state index contributed by atoms with van der Waals surface area (Å²) in [6.45, 7) is 0.631.